The van der Waals surface area contributed by atoms with Crippen LogP contribution in [0.4, 0.5) is 5.69 Å². The van der Waals surface area contributed by atoms with E-state index in [9.17, 15) is 4.79 Å². The van der Waals surface area contributed by atoms with Crippen LogP contribution < -0.4 is 19.8 Å². The number of ether oxygens (including phenoxy) is 2. The van der Waals surface area contributed by atoms with Gasteiger partial charge in [0, 0.05) is 24.3 Å². The SMILES string of the molecule is CCCOc1ccc(/C=N/NC(=O)c2ccc(N(CC)CC)cc2)cc1OC. The normalized spacial score (nSPS) is 10.7. The number of hydrogen-bond acceptors (Lipinski definition) is 5. The van der Waals surface area contributed by atoms with Gasteiger partial charge in [-0.05, 0) is 68.3 Å². The monoisotopic (exact) mass is 383 g/mol. The maximum atomic E-state index is 12.3. The number of carbonyl (C=O) groups is 1. The fourth-order valence-corrected chi connectivity index (χ4v) is 2.74. The van der Waals surface area contributed by atoms with Crippen LogP contribution in [-0.2, 0) is 0 Å². The van der Waals surface area contributed by atoms with E-state index in [1.54, 1.807) is 25.5 Å². The van der Waals surface area contributed by atoms with Gasteiger partial charge in [0.25, 0.3) is 5.91 Å². The van der Waals surface area contributed by atoms with Gasteiger partial charge in [-0.2, -0.15) is 5.10 Å². The number of nitrogens with one attached hydrogen (secondary N) is 1. The van der Waals surface area contributed by atoms with Crippen LogP contribution >= 0.6 is 0 Å². The highest BCUT2D eigenvalue weighted by Crippen LogP contribution is 2.27. The highest BCUT2D eigenvalue weighted by Gasteiger charge is 2.07. The van der Waals surface area contributed by atoms with Crippen molar-refractivity contribution in [2.24, 2.45) is 5.10 Å². The third-order valence-electron chi connectivity index (χ3n) is 4.29. The molecular weight excluding hydrogens is 354 g/mol. The molecule has 150 valence electrons. The van der Waals surface area contributed by atoms with Gasteiger partial charge in [0.2, 0.25) is 0 Å². The lowest BCUT2D eigenvalue weighted by molar-refractivity contribution is 0.0955. The number of benzene rings is 2. The highest BCUT2D eigenvalue weighted by atomic mass is 16.5. The van der Waals surface area contributed by atoms with Gasteiger partial charge in [0.15, 0.2) is 11.5 Å². The Morgan fingerprint density at radius 3 is 2.39 bits per heavy atom. The Bertz CT molecular complexity index is 784. The lowest BCUT2D eigenvalue weighted by Gasteiger charge is -2.20. The number of nitrogens with zero attached hydrogens (tertiary/aromatic N) is 2. The van der Waals surface area contributed by atoms with Crippen molar-refractivity contribution in [1.82, 2.24) is 5.43 Å². The highest BCUT2D eigenvalue weighted by molar-refractivity contribution is 5.95. The first kappa shape index (κ1) is 21.3. The van der Waals surface area contributed by atoms with Crippen molar-refractivity contribution in [2.75, 3.05) is 31.7 Å². The molecule has 2 aromatic rings. The molecule has 0 aliphatic rings. The number of hydrogen-bond donors (Lipinski definition) is 1. The number of methoxy groups -OCH3 is 1. The van der Waals surface area contributed by atoms with E-state index in [0.29, 0.717) is 23.7 Å². The summed E-state index contributed by atoms with van der Waals surface area (Å²) in [6, 6.07) is 13.0. The molecule has 0 aliphatic heterocycles. The van der Waals surface area contributed by atoms with Crippen LogP contribution in [0.3, 0.4) is 0 Å². The minimum Gasteiger partial charge on any atom is -0.493 e. The zero-order valence-corrected chi connectivity index (χ0v) is 17.1. The van der Waals surface area contributed by atoms with Crippen molar-refractivity contribution >= 4 is 17.8 Å². The second-order valence-corrected chi connectivity index (χ2v) is 6.18. The van der Waals surface area contributed by atoms with Gasteiger partial charge in [-0.15, -0.1) is 0 Å². The number of rotatable bonds is 10. The fourth-order valence-electron chi connectivity index (χ4n) is 2.74. The minimum absolute atomic E-state index is 0.253. The average Bonchev–Trinajstić information content (AvgIpc) is 2.74. The van der Waals surface area contributed by atoms with Crippen LogP contribution in [0.5, 0.6) is 11.5 Å². The average molecular weight is 383 g/mol. The van der Waals surface area contributed by atoms with Gasteiger partial charge in [-0.3, -0.25) is 4.79 Å². The molecule has 6 heteroatoms. The summed E-state index contributed by atoms with van der Waals surface area (Å²) in [5, 5.41) is 4.04. The third-order valence-corrected chi connectivity index (χ3v) is 4.29. The molecule has 0 fully saturated rings. The topological polar surface area (TPSA) is 63.2 Å². The number of hydrazone groups is 1. The molecule has 2 aromatic carbocycles. The molecule has 1 amide bonds. The molecule has 0 atom stereocenters. The summed E-state index contributed by atoms with van der Waals surface area (Å²) in [6.07, 6.45) is 2.50. The molecule has 0 bridgehead atoms. The zero-order valence-electron chi connectivity index (χ0n) is 17.1. The molecular formula is C22H29N3O3. The molecule has 0 radical (unpaired) electrons. The molecule has 28 heavy (non-hydrogen) atoms. The Hall–Kier alpha value is -3.02. The standard InChI is InChI=1S/C22H29N3O3/c1-5-14-28-20-13-8-17(15-21(20)27-4)16-23-24-22(26)18-9-11-19(12-10-18)25(6-2)7-3/h8-13,15-16H,5-7,14H2,1-4H3,(H,24,26)/b23-16+. The van der Waals surface area contributed by atoms with Crippen molar-refractivity contribution in [2.45, 2.75) is 27.2 Å². The molecule has 0 saturated heterocycles. The quantitative estimate of drug-likeness (QED) is 0.496. The maximum absolute atomic E-state index is 12.3. The largest absolute Gasteiger partial charge is 0.493 e. The summed E-state index contributed by atoms with van der Waals surface area (Å²) in [6.45, 7) is 8.75. The lowest BCUT2D eigenvalue weighted by atomic mass is 10.2. The predicted octanol–water partition coefficient (Wildman–Crippen LogP) is 4.09. The summed E-state index contributed by atoms with van der Waals surface area (Å²) >= 11 is 0. The van der Waals surface area contributed by atoms with Gasteiger partial charge >= 0.3 is 0 Å². The number of amides is 1. The van der Waals surface area contributed by atoms with Crippen LogP contribution in [0.25, 0.3) is 0 Å². The first-order valence-electron chi connectivity index (χ1n) is 9.62. The van der Waals surface area contributed by atoms with Crippen molar-refractivity contribution in [3.8, 4) is 11.5 Å². The Morgan fingerprint density at radius 1 is 1.07 bits per heavy atom. The Kier molecular flexibility index (Phi) is 8.34. The van der Waals surface area contributed by atoms with Crippen molar-refractivity contribution in [3.05, 3.63) is 53.6 Å². The van der Waals surface area contributed by atoms with Crippen LogP contribution in [0.15, 0.2) is 47.6 Å². The van der Waals surface area contributed by atoms with Crippen molar-refractivity contribution < 1.29 is 14.3 Å². The van der Waals surface area contributed by atoms with Crippen LogP contribution in [0.1, 0.15) is 43.1 Å². The first-order chi connectivity index (χ1) is 13.6. The Labute approximate surface area is 167 Å². The van der Waals surface area contributed by atoms with Crippen LogP contribution in [0.2, 0.25) is 0 Å². The van der Waals surface area contributed by atoms with Gasteiger partial charge in [-0.25, -0.2) is 5.43 Å². The van der Waals surface area contributed by atoms with Crippen LogP contribution in [-0.4, -0.2) is 38.9 Å². The Balaban J connectivity index is 1.99. The number of anilines is 1. The fraction of sp³-hybridized carbons (Fsp3) is 0.364. The van der Waals surface area contributed by atoms with Gasteiger partial charge in [0.1, 0.15) is 0 Å². The van der Waals surface area contributed by atoms with Crippen molar-refractivity contribution in [3.63, 3.8) is 0 Å². The summed E-state index contributed by atoms with van der Waals surface area (Å²) in [5.74, 6) is 1.08. The second-order valence-electron chi connectivity index (χ2n) is 6.18. The molecule has 0 aliphatic carbocycles. The Morgan fingerprint density at radius 2 is 1.79 bits per heavy atom. The van der Waals surface area contributed by atoms with E-state index in [-0.39, 0.29) is 5.91 Å². The minimum atomic E-state index is -0.253. The van der Waals surface area contributed by atoms with E-state index in [1.807, 2.05) is 37.3 Å². The molecule has 6 nitrogen and oxygen atoms in total. The summed E-state index contributed by atoms with van der Waals surface area (Å²) < 4.78 is 11.0. The van der Waals surface area contributed by atoms with E-state index < -0.39 is 0 Å². The lowest BCUT2D eigenvalue weighted by Crippen LogP contribution is -2.22. The second kappa shape index (κ2) is 11.0. The van der Waals surface area contributed by atoms with Crippen molar-refractivity contribution in [1.29, 1.82) is 0 Å². The van der Waals surface area contributed by atoms with E-state index in [4.69, 9.17) is 9.47 Å². The van der Waals surface area contributed by atoms with E-state index in [1.165, 1.54) is 0 Å². The van der Waals surface area contributed by atoms with E-state index >= 15 is 0 Å². The molecule has 0 spiro atoms. The molecule has 0 unspecified atom stereocenters. The zero-order chi connectivity index (χ0) is 20.4. The summed E-state index contributed by atoms with van der Waals surface area (Å²) in [5.41, 5.74) is 5.02. The van der Waals surface area contributed by atoms with Crippen LogP contribution in [0, 0.1) is 0 Å². The summed E-state index contributed by atoms with van der Waals surface area (Å²) in [4.78, 5) is 14.5. The van der Waals surface area contributed by atoms with E-state index in [2.05, 4.69) is 29.3 Å². The van der Waals surface area contributed by atoms with Gasteiger partial charge in [0.05, 0.1) is 19.9 Å². The summed E-state index contributed by atoms with van der Waals surface area (Å²) in [7, 11) is 1.60. The molecule has 0 aromatic heterocycles. The van der Waals surface area contributed by atoms with E-state index in [0.717, 1.165) is 30.8 Å². The predicted molar refractivity (Wildman–Crippen MR) is 114 cm³/mol. The first-order valence-corrected chi connectivity index (χ1v) is 9.62. The number of carbonyl (C=O) groups excluding carboxylic acids is 1. The third kappa shape index (κ3) is 5.74. The smallest absolute Gasteiger partial charge is 0.271 e. The molecule has 0 heterocycles. The van der Waals surface area contributed by atoms with Gasteiger partial charge < -0.3 is 14.4 Å². The van der Waals surface area contributed by atoms with Gasteiger partial charge in [-0.1, -0.05) is 6.92 Å². The molecule has 0 saturated carbocycles. The molecule has 1 N–H and O–H groups in total. The maximum Gasteiger partial charge on any atom is 0.271 e. The molecule has 2 rings (SSSR count).